The van der Waals surface area contributed by atoms with Gasteiger partial charge in [-0.2, -0.15) is 40.0 Å². The van der Waals surface area contributed by atoms with Crippen LogP contribution < -0.4 is 20.4 Å². The number of carbonyl (C=O) groups excluding carboxylic acids is 4. The van der Waals surface area contributed by atoms with Gasteiger partial charge in [0.05, 0.1) is 47.0 Å². The average molecular weight is 2060 g/mol. The molecule has 4 saturated heterocycles. The van der Waals surface area contributed by atoms with Crippen LogP contribution in [0.2, 0.25) is 15.1 Å². The number of oxazole rings is 3. The van der Waals surface area contributed by atoms with Crippen LogP contribution in [0, 0.1) is 35.5 Å². The zero-order chi connectivity index (χ0) is 102. The Morgan fingerprint density at radius 1 is 0.448 bits per heavy atom. The van der Waals surface area contributed by atoms with E-state index in [0.717, 1.165) is 110 Å². The van der Waals surface area contributed by atoms with Crippen molar-refractivity contribution >= 4 is 126 Å². The number of aromatic nitrogens is 9. The maximum Gasteiger partial charge on any atom is 0.410 e. The lowest BCUT2D eigenvalue weighted by Gasteiger charge is -2.37. The van der Waals surface area contributed by atoms with E-state index >= 15 is 0 Å². The number of ketones is 1. The molecule has 0 saturated carbocycles. The third-order valence-corrected chi connectivity index (χ3v) is 25.9. The minimum atomic E-state index is -0.981. The molecule has 143 heavy (non-hydrogen) atoms. The van der Waals surface area contributed by atoms with E-state index in [2.05, 4.69) is 167 Å². The first-order valence-electron chi connectivity index (χ1n) is 47.9. The van der Waals surface area contributed by atoms with Crippen molar-refractivity contribution in [2.45, 2.75) is 131 Å². The third-order valence-electron chi connectivity index (χ3n) is 24.9. The molecule has 9 heterocycles. The molecule has 0 unspecified atom stereocenters. The topological polar surface area (TPSA) is 304 Å². The Morgan fingerprint density at radius 3 is 1.30 bits per heavy atom. The van der Waals surface area contributed by atoms with E-state index in [9.17, 15) is 24.0 Å². The molecule has 0 aliphatic carbocycles. The van der Waals surface area contributed by atoms with Gasteiger partial charge in [0.1, 0.15) is 39.2 Å². The second-order valence-corrected chi connectivity index (χ2v) is 40.9. The molecule has 0 bridgehead atoms. The molecule has 27 nitrogen and oxygen atoms in total. The summed E-state index contributed by atoms with van der Waals surface area (Å²) in [6, 6.07) is 69.9. The van der Waals surface area contributed by atoms with Crippen molar-refractivity contribution in [2.75, 3.05) is 101 Å². The molecule has 0 radical (unpaired) electrons. The van der Waals surface area contributed by atoms with Gasteiger partial charge >= 0.3 is 18.2 Å². The lowest BCUT2D eigenvalue weighted by Crippen LogP contribution is -2.46. The number of rotatable bonds is 22. The Bertz CT molecular complexity index is 6620. The number of carbonyl (C=O) groups is 5. The summed E-state index contributed by atoms with van der Waals surface area (Å²) in [4.78, 5) is 90.1. The molecule has 4 atom stereocenters. The van der Waals surface area contributed by atoms with Gasteiger partial charge in [0.15, 0.2) is 16.7 Å². The number of hydrogen-bond acceptors (Lipinski definition) is 21. The van der Waals surface area contributed by atoms with Crippen LogP contribution in [0.3, 0.4) is 0 Å². The SMILES string of the molecule is C=CC[C@@]1(Cc2ccccc2)CNCCN(C(=O)OC(C)(C)C)C1.C=CC[C@]1(Cc2ccccc2)CN(C(=O)OC(C)(C)C)CCCC1=O.C=CC[C@]1(Cc2ccccc2)CN(C(=O)c2cc(C)ccc2-n2nccn2)CCN(c2nc3cc(Cl)ccc3o2)C1.C=CC[C@]1(Cc2ccccc2)CNCCN(c2nc3cc(Cl)ccc3o2)C1.Cc1ccc(-n2nccn2)c(C(=O)O)c1.Clc1ccc2oc(Br)nc2c1. The summed E-state index contributed by atoms with van der Waals surface area (Å²) in [6.07, 6.45) is 20.9. The molecule has 4 fully saturated rings. The van der Waals surface area contributed by atoms with E-state index in [1.54, 1.807) is 65.8 Å². The highest BCUT2D eigenvalue weighted by molar-refractivity contribution is 9.10. The molecule has 31 heteroatoms. The predicted molar refractivity (Wildman–Crippen MR) is 569 cm³/mol. The van der Waals surface area contributed by atoms with Gasteiger partial charge in [0.25, 0.3) is 22.7 Å². The van der Waals surface area contributed by atoms with Crippen molar-refractivity contribution in [3.63, 3.8) is 0 Å². The molecule has 3 amide bonds. The van der Waals surface area contributed by atoms with Crippen molar-refractivity contribution in [1.29, 1.82) is 0 Å². The molecular formula is C112H126BrCl3N16O11. The monoisotopic (exact) mass is 2050 g/mol. The summed E-state index contributed by atoms with van der Waals surface area (Å²) < 4.78 is 28.6. The number of carboxylic acids is 1. The Balaban J connectivity index is 0.000000150. The fourth-order valence-corrected chi connectivity index (χ4v) is 19.4. The number of anilines is 2. The van der Waals surface area contributed by atoms with Gasteiger partial charge in [0.2, 0.25) is 0 Å². The number of aromatic carboxylic acids is 1. The summed E-state index contributed by atoms with van der Waals surface area (Å²) in [6.45, 7) is 40.7. The van der Waals surface area contributed by atoms with Gasteiger partial charge in [-0.3, -0.25) is 9.59 Å². The lowest BCUT2D eigenvalue weighted by atomic mass is 9.74. The first-order valence-corrected chi connectivity index (χ1v) is 49.9. The van der Waals surface area contributed by atoms with Crippen molar-refractivity contribution in [2.24, 2.45) is 21.7 Å². The molecule has 4 aliphatic heterocycles. The minimum Gasteiger partial charge on any atom is -0.478 e. The molecule has 748 valence electrons. The van der Waals surface area contributed by atoms with Gasteiger partial charge in [-0.25, -0.2) is 19.4 Å². The van der Waals surface area contributed by atoms with E-state index in [4.69, 9.17) is 72.6 Å². The summed E-state index contributed by atoms with van der Waals surface area (Å²) >= 11 is 21.2. The number of Topliss-reactive ketones (excluding diaryl/α,β-unsaturated/α-hetero) is 1. The summed E-state index contributed by atoms with van der Waals surface area (Å²) in [5, 5.41) is 34.5. The zero-order valence-electron chi connectivity index (χ0n) is 82.4. The van der Waals surface area contributed by atoms with Gasteiger partial charge in [-0.15, -0.1) is 26.3 Å². The Kier molecular flexibility index (Phi) is 37.1. The molecular weight excluding hydrogens is 1930 g/mol. The van der Waals surface area contributed by atoms with Crippen LogP contribution in [-0.4, -0.2) is 197 Å². The maximum atomic E-state index is 14.3. The first kappa shape index (κ1) is 107. The quantitative estimate of drug-likeness (QED) is 0.0531. The molecule has 4 aliphatic rings. The van der Waals surface area contributed by atoms with Crippen LogP contribution in [-0.2, 0) is 40.0 Å². The Morgan fingerprint density at radius 2 is 0.839 bits per heavy atom. The Hall–Kier alpha value is -13.4. The van der Waals surface area contributed by atoms with Crippen LogP contribution in [0.5, 0.6) is 0 Å². The largest absolute Gasteiger partial charge is 0.478 e. The van der Waals surface area contributed by atoms with E-state index < -0.39 is 22.6 Å². The number of allylic oxidation sites excluding steroid dienone is 4. The highest BCUT2D eigenvalue weighted by Crippen LogP contribution is 2.41. The lowest BCUT2D eigenvalue weighted by molar-refractivity contribution is -0.128. The molecule has 9 aromatic carbocycles. The number of benzene rings is 9. The summed E-state index contributed by atoms with van der Waals surface area (Å²) in [5.74, 6) is -0.831. The number of hydrogen-bond donors (Lipinski definition) is 3. The number of carboxylic acid groups (broad SMARTS) is 1. The fourth-order valence-electron chi connectivity index (χ4n) is 18.6. The normalized spacial score (nSPS) is 18.2. The second-order valence-electron chi connectivity index (χ2n) is 38.9. The van der Waals surface area contributed by atoms with E-state index in [0.29, 0.717) is 144 Å². The molecule has 18 rings (SSSR count). The van der Waals surface area contributed by atoms with Crippen molar-refractivity contribution in [3.8, 4) is 11.4 Å². The average Bonchev–Trinajstić information content (AvgIpc) is 1.51. The third kappa shape index (κ3) is 30.1. The number of aryl methyl sites for hydroxylation is 2. The van der Waals surface area contributed by atoms with E-state index in [1.807, 2.05) is 174 Å². The van der Waals surface area contributed by atoms with Crippen LogP contribution >= 0.6 is 50.7 Å². The van der Waals surface area contributed by atoms with Gasteiger partial charge in [0, 0.05) is 145 Å². The highest BCUT2D eigenvalue weighted by atomic mass is 79.9. The summed E-state index contributed by atoms with van der Waals surface area (Å²) in [7, 11) is 0. The first-order chi connectivity index (χ1) is 68.6. The van der Waals surface area contributed by atoms with Crippen LogP contribution in [0.25, 0.3) is 44.7 Å². The van der Waals surface area contributed by atoms with Gasteiger partial charge < -0.3 is 63.0 Å². The van der Waals surface area contributed by atoms with E-state index in [1.165, 1.54) is 38.7 Å². The standard InChI is InChI=1S/C32H31ClN6O2.C22H24ClN3O.C21H29NO3.C20H30N2O2.C10H9N3O2.C7H3BrClNO/c1-3-13-32(20-24-7-5-4-6-8-24)21-37(30(40)26-18-23(2)9-11-28(26)39-34-14-15-35-39)16-17-38(22-32)31-36-27-19-25(33)10-12-29(27)41-31;1-2-10-22(14-17-6-4-3-5-7-17)15-24-11-12-26(16-22)21-25-19-13-18(23)8-9-20(19)27-21;1-5-13-21(15-17-10-7-6-8-11-17)16-22(14-9-12-18(21)23)19(24)25-20(2,3)4;1-5-11-20(14-17-9-7-6-8-10-17)15-21-12-13-22(16-20)18(23)24-19(2,3)4;1-7-2-3-9(8(6-7)10(14)15)13-11-4-5-12-13;8-7-10-5-3-4(9)1-2-6(5)11-7/h3-12,14-15,18-19H,1,13,16-17,20-22H2,2H3;2-9,13,24H,1,10-12,14-16H2;5-8,10-11H,1,9,12-16H2,2-4H3;5-10,21H,1,11-16H2,2-4H3;2-6H,1H3,(H,14,15);1-3H/t32-;22-;21-;20-;;/m0001../s1. The number of ether oxygens (including phenoxy) is 2. The van der Waals surface area contributed by atoms with Gasteiger partial charge in [-0.1, -0.05) is 204 Å². The summed E-state index contributed by atoms with van der Waals surface area (Å²) in [5.41, 5.74) is 11.1. The number of fused-ring (bicyclic) bond motifs is 3. The van der Waals surface area contributed by atoms with Crippen LogP contribution in [0.4, 0.5) is 21.6 Å². The smallest absolute Gasteiger partial charge is 0.410 e. The molecule has 14 aromatic rings. The maximum absolute atomic E-state index is 14.3. The Labute approximate surface area is 859 Å². The number of amides is 3. The highest BCUT2D eigenvalue weighted by Gasteiger charge is 2.45. The number of halogens is 4. The number of nitrogens with one attached hydrogen (secondary N) is 2. The van der Waals surface area contributed by atoms with Gasteiger partial charge in [-0.05, 0) is 214 Å². The molecule has 0 spiro atoms. The predicted octanol–water partition coefficient (Wildman–Crippen LogP) is 23.4. The molecule has 5 aromatic heterocycles. The number of nitrogens with zero attached hydrogens (tertiary/aromatic N) is 14. The van der Waals surface area contributed by atoms with Crippen molar-refractivity contribution < 1.29 is 51.8 Å². The van der Waals surface area contributed by atoms with E-state index in [-0.39, 0.29) is 45.7 Å². The fraction of sp³-hybridized carbons (Fsp3) is 0.339. The van der Waals surface area contributed by atoms with Crippen LogP contribution in [0.15, 0.2) is 306 Å². The zero-order valence-corrected chi connectivity index (χ0v) is 86.3. The molecule has 3 N–H and O–H groups in total. The van der Waals surface area contributed by atoms with Crippen LogP contribution in [0.1, 0.15) is 134 Å². The second kappa shape index (κ2) is 49.6. The van der Waals surface area contributed by atoms with Crippen molar-refractivity contribution in [1.82, 2.24) is 70.3 Å². The minimum absolute atomic E-state index is 0.0396. The number of likely N-dealkylation sites (tertiary alicyclic amines) is 1. The van der Waals surface area contributed by atoms with Crippen molar-refractivity contribution in [3.05, 3.63) is 352 Å².